The molecule has 2 aliphatic rings. The van der Waals surface area contributed by atoms with Gasteiger partial charge >= 0.3 is 11.9 Å². The second-order valence-corrected chi connectivity index (χ2v) is 7.65. The fraction of sp³-hybridized carbons (Fsp3) is 0.591. The zero-order valence-corrected chi connectivity index (χ0v) is 17.2. The smallest absolute Gasteiger partial charge is 0.334 e. The summed E-state index contributed by atoms with van der Waals surface area (Å²) in [5, 5.41) is 19.7. The molecule has 1 aliphatic heterocycles. The monoisotopic (exact) mass is 406 g/mol. The van der Waals surface area contributed by atoms with Crippen LogP contribution in [0.15, 0.2) is 35.5 Å². The number of aliphatic hydroxyl groups is 2. The van der Waals surface area contributed by atoms with E-state index in [1.807, 2.05) is 6.92 Å². The maximum Gasteiger partial charge on any atom is 0.334 e. The Balaban J connectivity index is 2.69. The highest BCUT2D eigenvalue weighted by Crippen LogP contribution is 2.41. The molecule has 1 heterocycles. The summed E-state index contributed by atoms with van der Waals surface area (Å²) in [7, 11) is 0. The van der Waals surface area contributed by atoms with Gasteiger partial charge in [-0.1, -0.05) is 26.5 Å². The normalized spacial score (nSPS) is 32.2. The topological polar surface area (TPSA) is 110 Å². The van der Waals surface area contributed by atoms with Gasteiger partial charge in [0, 0.05) is 24.3 Å². The Morgan fingerprint density at radius 1 is 1.34 bits per heavy atom. The fourth-order valence-corrected chi connectivity index (χ4v) is 3.93. The molecule has 2 N–H and O–H groups in total. The van der Waals surface area contributed by atoms with E-state index in [-0.39, 0.29) is 23.9 Å². The van der Waals surface area contributed by atoms with Crippen LogP contribution in [0.2, 0.25) is 0 Å². The summed E-state index contributed by atoms with van der Waals surface area (Å²) in [6.45, 7) is 8.11. The van der Waals surface area contributed by atoms with Crippen molar-refractivity contribution in [3.63, 3.8) is 0 Å². The van der Waals surface area contributed by atoms with Crippen molar-refractivity contribution in [1.29, 1.82) is 0 Å². The van der Waals surface area contributed by atoms with Gasteiger partial charge < -0.3 is 19.7 Å². The predicted octanol–water partition coefficient (Wildman–Crippen LogP) is 1.88. The number of fused-ring (bicyclic) bond motifs is 1. The van der Waals surface area contributed by atoms with Gasteiger partial charge in [-0.15, -0.1) is 0 Å². The summed E-state index contributed by atoms with van der Waals surface area (Å²) >= 11 is 0. The molecule has 0 bridgehead atoms. The number of ketones is 1. The van der Waals surface area contributed by atoms with Crippen molar-refractivity contribution < 1.29 is 34.1 Å². The van der Waals surface area contributed by atoms with Crippen LogP contribution in [0.1, 0.15) is 40.0 Å². The van der Waals surface area contributed by atoms with E-state index in [1.165, 1.54) is 6.92 Å². The van der Waals surface area contributed by atoms with E-state index in [0.717, 1.165) is 0 Å². The Hall–Kier alpha value is -2.25. The maximum absolute atomic E-state index is 13.4. The van der Waals surface area contributed by atoms with Crippen LogP contribution in [0.5, 0.6) is 0 Å². The molecular weight excluding hydrogens is 376 g/mol. The van der Waals surface area contributed by atoms with Crippen molar-refractivity contribution in [3.05, 3.63) is 35.5 Å². The number of carbonyl (C=O) groups excluding carboxylic acids is 3. The molecule has 5 atom stereocenters. The standard InChI is InChI=1S/C22H30O7/c1-5-12(2)20(26)19-18-13(3)22(27)29-17(18)9-15(10-23)7-6-8-16(11-24)21(19)28-14(4)25/h8-9,12,17-19,21,23-24H,3,5-7,10-11H2,1-2,4H3/b15-9-,16-8+/t12?,17-,18+,19-,21+/m1/s1. The Bertz CT molecular complexity index is 733. The van der Waals surface area contributed by atoms with Crippen LogP contribution in [0, 0.1) is 17.8 Å². The van der Waals surface area contributed by atoms with Gasteiger partial charge in [0.05, 0.1) is 19.1 Å². The highest BCUT2D eigenvalue weighted by molar-refractivity contribution is 5.94. The molecule has 0 spiro atoms. The largest absolute Gasteiger partial charge is 0.457 e. The van der Waals surface area contributed by atoms with E-state index < -0.39 is 42.6 Å². The highest BCUT2D eigenvalue weighted by atomic mass is 16.6. The number of hydrogen-bond donors (Lipinski definition) is 2. The van der Waals surface area contributed by atoms with Crippen LogP contribution in [0.4, 0.5) is 0 Å². The number of aliphatic hydroxyl groups excluding tert-OH is 2. The van der Waals surface area contributed by atoms with Crippen molar-refractivity contribution in [2.75, 3.05) is 13.2 Å². The average molecular weight is 406 g/mol. The Morgan fingerprint density at radius 2 is 2.03 bits per heavy atom. The van der Waals surface area contributed by atoms with Gasteiger partial charge in [-0.3, -0.25) is 9.59 Å². The lowest BCUT2D eigenvalue weighted by Gasteiger charge is -2.34. The van der Waals surface area contributed by atoms with Crippen molar-refractivity contribution in [2.45, 2.75) is 52.2 Å². The summed E-state index contributed by atoms with van der Waals surface area (Å²) in [6, 6.07) is 0. The minimum absolute atomic E-state index is 0.125. The molecule has 0 radical (unpaired) electrons. The third-order valence-corrected chi connectivity index (χ3v) is 5.72. The third-order valence-electron chi connectivity index (χ3n) is 5.72. The average Bonchev–Trinajstić information content (AvgIpc) is 2.96. The fourth-order valence-electron chi connectivity index (χ4n) is 3.93. The molecule has 29 heavy (non-hydrogen) atoms. The van der Waals surface area contributed by atoms with Gasteiger partial charge in [0.2, 0.25) is 0 Å². The van der Waals surface area contributed by atoms with Gasteiger partial charge in [0.1, 0.15) is 18.0 Å². The van der Waals surface area contributed by atoms with Gasteiger partial charge in [-0.25, -0.2) is 4.79 Å². The van der Waals surface area contributed by atoms with E-state index in [9.17, 15) is 24.6 Å². The molecule has 0 amide bonds. The minimum Gasteiger partial charge on any atom is -0.457 e. The van der Waals surface area contributed by atoms with E-state index in [2.05, 4.69) is 6.58 Å². The molecule has 2 rings (SSSR count). The predicted molar refractivity (Wildman–Crippen MR) is 106 cm³/mol. The molecule has 1 aliphatic carbocycles. The lowest BCUT2D eigenvalue weighted by molar-refractivity contribution is -0.152. The first-order chi connectivity index (χ1) is 13.7. The van der Waals surface area contributed by atoms with Crippen LogP contribution in [0.25, 0.3) is 0 Å². The summed E-state index contributed by atoms with van der Waals surface area (Å²) in [4.78, 5) is 37.6. The van der Waals surface area contributed by atoms with Gasteiger partial charge in [0.25, 0.3) is 0 Å². The molecule has 7 nitrogen and oxygen atoms in total. The molecule has 160 valence electrons. The number of allylic oxidation sites excluding steroid dienone is 1. The summed E-state index contributed by atoms with van der Waals surface area (Å²) in [5.41, 5.74) is 1.18. The maximum atomic E-state index is 13.4. The lowest BCUT2D eigenvalue weighted by atomic mass is 9.72. The Labute approximate surface area is 171 Å². The lowest BCUT2D eigenvalue weighted by Crippen LogP contribution is -2.44. The zero-order chi connectivity index (χ0) is 21.7. The van der Waals surface area contributed by atoms with Gasteiger partial charge in [0.15, 0.2) is 0 Å². The molecule has 1 fully saturated rings. The second-order valence-electron chi connectivity index (χ2n) is 7.65. The van der Waals surface area contributed by atoms with Crippen molar-refractivity contribution in [1.82, 2.24) is 0 Å². The number of ether oxygens (including phenoxy) is 2. The summed E-state index contributed by atoms with van der Waals surface area (Å²) in [6.07, 6.45) is 3.08. The molecule has 0 saturated carbocycles. The van der Waals surface area contributed by atoms with Crippen molar-refractivity contribution >= 4 is 17.7 Å². The quantitative estimate of drug-likeness (QED) is 0.394. The molecule has 1 saturated heterocycles. The number of hydrogen-bond acceptors (Lipinski definition) is 7. The van der Waals surface area contributed by atoms with Crippen LogP contribution in [-0.2, 0) is 23.9 Å². The highest BCUT2D eigenvalue weighted by Gasteiger charge is 2.50. The molecule has 1 unspecified atom stereocenters. The molecular formula is C22H30O7. The van der Waals surface area contributed by atoms with Crippen molar-refractivity contribution in [2.24, 2.45) is 17.8 Å². The molecule has 7 heteroatoms. The third kappa shape index (κ3) is 5.03. The number of esters is 2. The first kappa shape index (κ1) is 23.0. The van der Waals surface area contributed by atoms with Crippen LogP contribution in [-0.4, -0.2) is 53.4 Å². The SMILES string of the molecule is C=C1C(=O)O[C@@H]2/C=C(\CO)CC/C=C(\CO)[C@H](OC(C)=O)[C@@H](C(=O)C(C)CC)[C@@H]12. The molecule has 0 aromatic carbocycles. The van der Waals surface area contributed by atoms with E-state index in [1.54, 1.807) is 19.1 Å². The van der Waals surface area contributed by atoms with E-state index in [4.69, 9.17) is 9.47 Å². The van der Waals surface area contributed by atoms with E-state index >= 15 is 0 Å². The summed E-state index contributed by atoms with van der Waals surface area (Å²) in [5.74, 6) is -3.45. The van der Waals surface area contributed by atoms with E-state index in [0.29, 0.717) is 30.4 Å². The molecule has 0 aromatic heterocycles. The van der Waals surface area contributed by atoms with Gasteiger partial charge in [-0.2, -0.15) is 0 Å². The van der Waals surface area contributed by atoms with Crippen LogP contribution < -0.4 is 0 Å². The Morgan fingerprint density at radius 3 is 2.59 bits per heavy atom. The zero-order valence-electron chi connectivity index (χ0n) is 17.2. The summed E-state index contributed by atoms with van der Waals surface area (Å²) < 4.78 is 11.0. The number of carbonyl (C=O) groups is 3. The number of Topliss-reactive ketones (excluding diaryl/α,β-unsaturated/α-hetero) is 1. The molecule has 0 aromatic rings. The number of rotatable bonds is 6. The second kappa shape index (κ2) is 9.98. The van der Waals surface area contributed by atoms with Gasteiger partial charge in [-0.05, 0) is 36.5 Å². The van der Waals surface area contributed by atoms with Crippen LogP contribution >= 0.6 is 0 Å². The Kier molecular flexibility index (Phi) is 7.93. The van der Waals surface area contributed by atoms with Crippen molar-refractivity contribution in [3.8, 4) is 0 Å². The minimum atomic E-state index is -1.03. The van der Waals surface area contributed by atoms with Crippen LogP contribution in [0.3, 0.4) is 0 Å². The first-order valence-corrected chi connectivity index (χ1v) is 9.96. The first-order valence-electron chi connectivity index (χ1n) is 9.96.